The van der Waals surface area contributed by atoms with Gasteiger partial charge in [0.2, 0.25) is 5.91 Å². The number of rotatable bonds is 6. The van der Waals surface area contributed by atoms with E-state index in [2.05, 4.69) is 10.6 Å². The zero-order valence-electron chi connectivity index (χ0n) is 14.4. The van der Waals surface area contributed by atoms with Crippen LogP contribution >= 0.6 is 11.6 Å². The van der Waals surface area contributed by atoms with E-state index in [0.717, 1.165) is 5.56 Å². The Hall–Kier alpha value is -2.86. The number of anilines is 1. The van der Waals surface area contributed by atoms with Crippen molar-refractivity contribution in [2.24, 2.45) is 0 Å². The molecule has 2 amide bonds. The summed E-state index contributed by atoms with van der Waals surface area (Å²) < 4.78 is 4.78. The lowest BCUT2D eigenvalue weighted by molar-refractivity contribution is -0.142. The highest BCUT2D eigenvalue weighted by Gasteiger charge is 2.22. The van der Waals surface area contributed by atoms with Gasteiger partial charge in [-0.15, -0.1) is 0 Å². The van der Waals surface area contributed by atoms with Crippen LogP contribution in [-0.4, -0.2) is 30.9 Å². The molecule has 0 bridgehead atoms. The van der Waals surface area contributed by atoms with Crippen LogP contribution in [0.25, 0.3) is 0 Å². The molecule has 0 aliphatic carbocycles. The first-order valence-electron chi connectivity index (χ1n) is 7.90. The van der Waals surface area contributed by atoms with E-state index in [1.807, 2.05) is 0 Å². The third-order valence-electron chi connectivity index (χ3n) is 3.59. The number of hydrogen-bond donors (Lipinski definition) is 2. The molecular formula is C19H19ClN2O4. The minimum Gasteiger partial charge on any atom is -0.467 e. The second-order valence-corrected chi connectivity index (χ2v) is 6.08. The smallest absolute Gasteiger partial charge is 0.328 e. The highest BCUT2D eigenvalue weighted by Crippen LogP contribution is 2.13. The fraction of sp³-hybridized carbons (Fsp3) is 0.211. The number of ether oxygens (including phenoxy) is 1. The predicted octanol–water partition coefficient (Wildman–Crippen LogP) is 2.81. The summed E-state index contributed by atoms with van der Waals surface area (Å²) in [6, 6.07) is 12.6. The van der Waals surface area contributed by atoms with Crippen molar-refractivity contribution in [1.29, 1.82) is 0 Å². The van der Waals surface area contributed by atoms with E-state index in [9.17, 15) is 14.4 Å². The molecule has 6 nitrogen and oxygen atoms in total. The molecule has 2 aromatic carbocycles. The molecule has 0 aromatic heterocycles. The van der Waals surface area contributed by atoms with Gasteiger partial charge in [-0.25, -0.2) is 4.79 Å². The number of esters is 1. The number of benzene rings is 2. The highest BCUT2D eigenvalue weighted by molar-refractivity contribution is 6.30. The second kappa shape index (κ2) is 9.01. The van der Waals surface area contributed by atoms with Crippen molar-refractivity contribution in [1.82, 2.24) is 5.32 Å². The van der Waals surface area contributed by atoms with Gasteiger partial charge in [0.15, 0.2) is 0 Å². The van der Waals surface area contributed by atoms with Crippen LogP contribution in [0.5, 0.6) is 0 Å². The Morgan fingerprint density at radius 3 is 2.42 bits per heavy atom. The van der Waals surface area contributed by atoms with Crippen LogP contribution in [0, 0.1) is 0 Å². The number of nitrogens with one attached hydrogen (secondary N) is 2. The number of amides is 2. The van der Waals surface area contributed by atoms with Gasteiger partial charge >= 0.3 is 5.97 Å². The molecule has 136 valence electrons. The summed E-state index contributed by atoms with van der Waals surface area (Å²) in [5.41, 5.74) is 1.65. The van der Waals surface area contributed by atoms with Crippen molar-refractivity contribution >= 4 is 35.1 Å². The van der Waals surface area contributed by atoms with Crippen LogP contribution in [0.1, 0.15) is 22.8 Å². The molecular weight excluding hydrogens is 356 g/mol. The zero-order valence-corrected chi connectivity index (χ0v) is 15.2. The highest BCUT2D eigenvalue weighted by atomic mass is 35.5. The Morgan fingerprint density at radius 2 is 1.81 bits per heavy atom. The molecule has 0 heterocycles. The van der Waals surface area contributed by atoms with E-state index in [4.69, 9.17) is 16.3 Å². The number of methoxy groups -OCH3 is 1. The molecule has 0 aliphatic rings. The van der Waals surface area contributed by atoms with Crippen LogP contribution in [0.2, 0.25) is 5.02 Å². The van der Waals surface area contributed by atoms with Crippen LogP contribution in [-0.2, 0) is 20.7 Å². The summed E-state index contributed by atoms with van der Waals surface area (Å²) in [6.07, 6.45) is 0.265. The Kier molecular flexibility index (Phi) is 6.74. The van der Waals surface area contributed by atoms with Gasteiger partial charge in [-0.3, -0.25) is 9.59 Å². The number of carbonyl (C=O) groups excluding carboxylic acids is 3. The standard InChI is InChI=1S/C19H19ClN2O4/c1-12(23)21-16-5-3-4-14(11-16)18(24)22-17(19(25)26-2)10-13-6-8-15(20)9-7-13/h3-9,11,17H,10H2,1-2H3,(H,21,23)(H,22,24)/t17-/m0/s1. The van der Waals surface area contributed by atoms with Gasteiger partial charge in [0.05, 0.1) is 7.11 Å². The van der Waals surface area contributed by atoms with E-state index in [0.29, 0.717) is 16.3 Å². The van der Waals surface area contributed by atoms with Gasteiger partial charge in [-0.1, -0.05) is 29.8 Å². The first kappa shape index (κ1) is 19.5. The van der Waals surface area contributed by atoms with Crippen LogP contribution in [0.15, 0.2) is 48.5 Å². The normalized spacial score (nSPS) is 11.3. The monoisotopic (exact) mass is 374 g/mol. The Morgan fingerprint density at radius 1 is 1.12 bits per heavy atom. The van der Waals surface area contributed by atoms with E-state index in [-0.39, 0.29) is 12.3 Å². The van der Waals surface area contributed by atoms with Gasteiger partial charge in [0.25, 0.3) is 5.91 Å². The largest absolute Gasteiger partial charge is 0.467 e. The van der Waals surface area contributed by atoms with Crippen molar-refractivity contribution in [3.63, 3.8) is 0 Å². The third-order valence-corrected chi connectivity index (χ3v) is 3.84. The van der Waals surface area contributed by atoms with Crippen LogP contribution in [0.4, 0.5) is 5.69 Å². The lowest BCUT2D eigenvalue weighted by atomic mass is 10.1. The molecule has 2 N–H and O–H groups in total. The van der Waals surface area contributed by atoms with Gasteiger partial charge in [-0.05, 0) is 35.9 Å². The molecule has 1 atom stereocenters. The maximum atomic E-state index is 12.5. The van der Waals surface area contributed by atoms with Crippen LogP contribution < -0.4 is 10.6 Å². The zero-order chi connectivity index (χ0) is 19.1. The summed E-state index contributed by atoms with van der Waals surface area (Å²) in [7, 11) is 1.26. The molecule has 0 saturated heterocycles. The Labute approximate surface area is 156 Å². The SMILES string of the molecule is COC(=O)[C@H](Cc1ccc(Cl)cc1)NC(=O)c1cccc(NC(C)=O)c1. The average molecular weight is 375 g/mol. The molecule has 2 rings (SSSR count). The van der Waals surface area contributed by atoms with Gasteiger partial charge in [-0.2, -0.15) is 0 Å². The van der Waals surface area contributed by atoms with Crippen molar-refractivity contribution < 1.29 is 19.1 Å². The van der Waals surface area contributed by atoms with Crippen molar-refractivity contribution in [3.05, 3.63) is 64.7 Å². The van der Waals surface area contributed by atoms with Crippen molar-refractivity contribution in [3.8, 4) is 0 Å². The summed E-state index contributed by atoms with van der Waals surface area (Å²) in [5, 5.41) is 5.86. The molecule has 0 fully saturated rings. The first-order valence-corrected chi connectivity index (χ1v) is 8.27. The number of carbonyl (C=O) groups is 3. The Balaban J connectivity index is 2.14. The fourth-order valence-electron chi connectivity index (χ4n) is 2.37. The van der Waals surface area contributed by atoms with Crippen LogP contribution in [0.3, 0.4) is 0 Å². The molecule has 0 saturated carbocycles. The summed E-state index contributed by atoms with van der Waals surface area (Å²) in [4.78, 5) is 35.7. The van der Waals surface area contributed by atoms with E-state index in [1.54, 1.807) is 42.5 Å². The minimum atomic E-state index is -0.849. The number of hydrogen-bond acceptors (Lipinski definition) is 4. The molecule has 0 aliphatic heterocycles. The number of halogens is 1. The summed E-state index contributed by atoms with van der Waals surface area (Å²) in [5.74, 6) is -1.23. The Bertz CT molecular complexity index is 805. The molecule has 2 aromatic rings. The second-order valence-electron chi connectivity index (χ2n) is 5.64. The minimum absolute atomic E-state index is 0.238. The van der Waals surface area contributed by atoms with Gasteiger partial charge in [0.1, 0.15) is 6.04 Å². The van der Waals surface area contributed by atoms with Gasteiger partial charge in [0, 0.05) is 29.6 Å². The van der Waals surface area contributed by atoms with Gasteiger partial charge < -0.3 is 15.4 Å². The lowest BCUT2D eigenvalue weighted by Gasteiger charge is -2.17. The third kappa shape index (κ3) is 5.60. The maximum Gasteiger partial charge on any atom is 0.328 e. The molecule has 0 radical (unpaired) electrons. The lowest BCUT2D eigenvalue weighted by Crippen LogP contribution is -2.43. The quantitative estimate of drug-likeness (QED) is 0.761. The fourth-order valence-corrected chi connectivity index (χ4v) is 2.50. The maximum absolute atomic E-state index is 12.5. The topological polar surface area (TPSA) is 84.5 Å². The first-order chi connectivity index (χ1) is 12.4. The van der Waals surface area contributed by atoms with E-state index < -0.39 is 17.9 Å². The summed E-state index contributed by atoms with van der Waals surface area (Å²) >= 11 is 5.86. The summed E-state index contributed by atoms with van der Waals surface area (Å²) in [6.45, 7) is 1.38. The van der Waals surface area contributed by atoms with Crippen molar-refractivity contribution in [2.45, 2.75) is 19.4 Å². The van der Waals surface area contributed by atoms with E-state index >= 15 is 0 Å². The molecule has 7 heteroatoms. The molecule has 0 unspecified atom stereocenters. The van der Waals surface area contributed by atoms with Crippen molar-refractivity contribution in [2.75, 3.05) is 12.4 Å². The average Bonchev–Trinajstić information content (AvgIpc) is 2.62. The molecule has 0 spiro atoms. The molecule has 26 heavy (non-hydrogen) atoms. The van der Waals surface area contributed by atoms with E-state index in [1.165, 1.54) is 20.1 Å². The predicted molar refractivity (Wildman–Crippen MR) is 99.2 cm³/mol.